The van der Waals surface area contributed by atoms with Crippen molar-refractivity contribution >= 4 is 152 Å². The van der Waals surface area contributed by atoms with Crippen LogP contribution in [-0.4, -0.2) is 107 Å². The van der Waals surface area contributed by atoms with Gasteiger partial charge in [-0.05, 0) is 121 Å². The van der Waals surface area contributed by atoms with Gasteiger partial charge < -0.3 is 65.0 Å². The molecule has 0 atom stereocenters. The van der Waals surface area contributed by atoms with Crippen molar-refractivity contribution in [2.75, 3.05) is 37.6 Å². The van der Waals surface area contributed by atoms with E-state index in [1.807, 2.05) is 0 Å². The van der Waals surface area contributed by atoms with Gasteiger partial charge in [0.15, 0.2) is 0 Å². The van der Waals surface area contributed by atoms with Crippen molar-refractivity contribution in [1.29, 1.82) is 0 Å². The number of amides is 6. The number of nitrogen functional groups attached to an aromatic ring is 1. The highest BCUT2D eigenvalue weighted by atomic mass is 32.2. The molecule has 0 heterocycles. The lowest BCUT2D eigenvalue weighted by Gasteiger charge is -2.20. The smallest absolute Gasteiger partial charge is 0.323 e. The van der Waals surface area contributed by atoms with Crippen molar-refractivity contribution < 1.29 is 102 Å². The zero-order valence-corrected chi connectivity index (χ0v) is 46.6. The van der Waals surface area contributed by atoms with Crippen LogP contribution in [0.25, 0.3) is 21.5 Å². The molecule has 0 saturated carbocycles. The van der Waals surface area contributed by atoms with E-state index in [2.05, 4.69) is 31.9 Å². The molecule has 0 unspecified atom stereocenters. The maximum atomic E-state index is 13.5. The molecule has 8 aromatic rings. The van der Waals surface area contributed by atoms with Gasteiger partial charge in [-0.1, -0.05) is 18.2 Å². The Balaban J connectivity index is 0.938. The molecule has 0 aliphatic carbocycles. The van der Waals surface area contributed by atoms with Gasteiger partial charge in [0.05, 0.1) is 40.7 Å². The van der Waals surface area contributed by atoms with Gasteiger partial charge in [0, 0.05) is 72.2 Å². The Morgan fingerprint density at radius 2 is 0.647 bits per heavy atom. The van der Waals surface area contributed by atoms with E-state index >= 15 is 0 Å². The normalized spacial score (nSPS) is 12.3. The van der Waals surface area contributed by atoms with Gasteiger partial charge in [0.1, 0.15) is 60.7 Å². The second-order valence-corrected chi connectivity index (χ2v) is 25.8. The number of hydrogen-bond acceptors (Lipinski definition) is 24. The van der Waals surface area contributed by atoms with Crippen LogP contribution < -0.4 is 37.6 Å². The van der Waals surface area contributed by atoms with E-state index in [9.17, 15) is 102 Å². The number of hydrogen-bond donors (Lipinski definition) is 7. The van der Waals surface area contributed by atoms with Crippen LogP contribution in [-0.2, 0) is 60.7 Å². The summed E-state index contributed by atoms with van der Waals surface area (Å²) in [6, 6.07) is 21.5. The lowest BCUT2D eigenvalue weighted by atomic mass is 10.1. The van der Waals surface area contributed by atoms with E-state index in [1.165, 1.54) is 78.9 Å². The summed E-state index contributed by atoms with van der Waals surface area (Å²) in [4.78, 5) is 59.1. The second kappa shape index (κ2) is 22.7. The van der Waals surface area contributed by atoms with E-state index < -0.39 is 153 Å². The number of fused-ring (bicyclic) bond motifs is 2. The molecule has 0 spiro atoms. The topological polar surface area (TPSA) is 527 Å². The maximum Gasteiger partial charge on any atom is 0.323 e. The molecule has 36 heteroatoms. The third-order valence-corrected chi connectivity index (χ3v) is 16.9. The molecule has 8 N–H and O–H groups in total. The number of nitrogens with two attached hydrogens (primary N) is 1. The van der Waals surface area contributed by atoms with Crippen molar-refractivity contribution in [1.82, 2.24) is 0 Å². The number of anilines is 7. The maximum absolute atomic E-state index is 13.5. The van der Waals surface area contributed by atoms with Crippen molar-refractivity contribution in [3.63, 3.8) is 0 Å². The largest absolute Gasteiger partial charge is 0.744 e. The summed E-state index contributed by atoms with van der Waals surface area (Å²) in [5, 5.41) is 10.6. The van der Waals surface area contributed by atoms with Gasteiger partial charge in [-0.25, -0.2) is 55.3 Å². The highest BCUT2D eigenvalue weighted by Crippen LogP contribution is 2.39. The molecule has 0 bridgehead atoms. The average molecular weight is 1280 g/mol. The van der Waals surface area contributed by atoms with Gasteiger partial charge >= 0.3 is 6.03 Å². The predicted molar refractivity (Wildman–Crippen MR) is 290 cm³/mol. The fraction of sp³-hybridized carbons (Fsp3) is 0. The highest BCUT2D eigenvalue weighted by Gasteiger charge is 2.25. The molecular formula is C49H31N7O23S6-6. The first-order valence-corrected chi connectivity index (χ1v) is 31.3. The third kappa shape index (κ3) is 14.2. The Hall–Kier alpha value is -9.31. The lowest BCUT2D eigenvalue weighted by molar-refractivity contribution is 0.101. The fourth-order valence-electron chi connectivity index (χ4n) is 8.27. The molecular weight excluding hydrogens is 1250 g/mol. The average Bonchev–Trinajstić information content (AvgIpc) is 0.945. The van der Waals surface area contributed by atoms with Crippen molar-refractivity contribution in [2.45, 2.75) is 29.4 Å². The number of carbonyl (C=O) groups excluding carboxylic acids is 5. The Morgan fingerprint density at radius 1 is 0.318 bits per heavy atom. The van der Waals surface area contributed by atoms with E-state index in [0.717, 1.165) is 24.3 Å². The number of benzene rings is 8. The SMILES string of the molecule is Nc1cc(NC(=O)Nc2cccc(C(=O)Nc3cccc(C(=O)Nc4ccc(S(=O)(=O)[O-])c5cc(S(=O)(=O)[O-])cc(S(=O)(=O)[O-])c45)c3)c2)cc(C(=O)Nc2cccc(C(=O)Nc3ccc(S(=O)(=O)[O-])c4cc(S(=O)(=O)[O-])cc(S(=O)(=O)[O-])c34)c2)c1. The first-order valence-electron chi connectivity index (χ1n) is 22.9. The molecule has 6 amide bonds. The monoisotopic (exact) mass is 1280 g/mol. The predicted octanol–water partition coefficient (Wildman–Crippen LogP) is 3.65. The molecule has 0 aliphatic heterocycles. The zero-order chi connectivity index (χ0) is 62.5. The van der Waals surface area contributed by atoms with Crippen molar-refractivity contribution in [2.24, 2.45) is 0 Å². The molecule has 85 heavy (non-hydrogen) atoms. The lowest BCUT2D eigenvalue weighted by Crippen LogP contribution is -2.21. The van der Waals surface area contributed by atoms with Crippen LogP contribution in [0.3, 0.4) is 0 Å². The number of nitrogens with one attached hydrogen (secondary N) is 6. The molecule has 0 aromatic heterocycles. The summed E-state index contributed by atoms with van der Waals surface area (Å²) >= 11 is 0. The third-order valence-electron chi connectivity index (χ3n) is 11.8. The van der Waals surface area contributed by atoms with Crippen LogP contribution in [0.5, 0.6) is 0 Å². The van der Waals surface area contributed by atoms with Gasteiger partial charge in [-0.3, -0.25) is 19.2 Å². The summed E-state index contributed by atoms with van der Waals surface area (Å²) < 4.78 is 217. The van der Waals surface area contributed by atoms with Crippen LogP contribution in [0, 0.1) is 0 Å². The number of carbonyl (C=O) groups is 5. The molecule has 442 valence electrons. The van der Waals surface area contributed by atoms with Crippen LogP contribution in [0.4, 0.5) is 44.6 Å². The summed E-state index contributed by atoms with van der Waals surface area (Å²) in [5.74, 6) is -3.85. The standard InChI is InChI=1S/C49H37N7O23S6/c50-28-14-27(48(60)52-30-8-2-6-26(16-30)47(59)56-38-11-13-40(83(71,72)73)36-21-34(81(65,66)67)23-42(44(36)38)85(77,78)79)18-32(19-28)54-49(61)53-31-9-3-4-24(17-31)45(57)51-29-7-1-5-25(15-29)46(58)55-37-10-12-39(82(68,69)70)35-20-33(80(62,63)64)22-41(43(35)37)84(74,75)76/h1-23H,50H2,(H,51,57)(H,52,60)(H,55,58)(H,56,59)(H2,53,54,61)(H,62,63,64)(H,65,66,67)(H,68,69,70)(H,71,72,73)(H,74,75,76)(H,77,78,79)/p-6. The van der Waals surface area contributed by atoms with Crippen LogP contribution >= 0.6 is 0 Å². The fourth-order valence-corrected chi connectivity index (χ4v) is 12.3. The molecule has 0 saturated heterocycles. The minimum absolute atomic E-state index is 0.0331. The Bertz CT molecular complexity index is 4970. The molecule has 8 rings (SSSR count). The van der Waals surface area contributed by atoms with E-state index in [4.69, 9.17) is 5.73 Å². The van der Waals surface area contributed by atoms with Gasteiger partial charge in [-0.15, -0.1) is 0 Å². The first-order chi connectivity index (χ1) is 39.3. The zero-order valence-electron chi connectivity index (χ0n) is 41.7. The van der Waals surface area contributed by atoms with E-state index in [0.29, 0.717) is 24.3 Å². The second-order valence-electron chi connectivity index (χ2n) is 17.6. The van der Waals surface area contributed by atoms with E-state index in [-0.39, 0.29) is 62.8 Å². The molecule has 30 nitrogen and oxygen atoms in total. The van der Waals surface area contributed by atoms with Crippen LogP contribution in [0.1, 0.15) is 41.4 Å². The molecule has 0 fully saturated rings. The minimum atomic E-state index is -5.75. The quantitative estimate of drug-likeness (QED) is 0.0536. The van der Waals surface area contributed by atoms with E-state index in [1.54, 1.807) is 0 Å². The Labute approximate surface area is 479 Å². The summed E-state index contributed by atoms with van der Waals surface area (Å²) in [5.41, 5.74) is 3.89. The number of urea groups is 1. The highest BCUT2D eigenvalue weighted by molar-refractivity contribution is 7.87. The first kappa shape index (κ1) is 61.8. The minimum Gasteiger partial charge on any atom is -0.744 e. The van der Waals surface area contributed by atoms with Gasteiger partial charge in [0.25, 0.3) is 23.6 Å². The van der Waals surface area contributed by atoms with Crippen molar-refractivity contribution in [3.05, 3.63) is 162 Å². The van der Waals surface area contributed by atoms with Crippen LogP contribution in [0.2, 0.25) is 0 Å². The molecule has 8 aromatic carbocycles. The van der Waals surface area contributed by atoms with Crippen LogP contribution in [0.15, 0.2) is 169 Å². The summed E-state index contributed by atoms with van der Waals surface area (Å²) in [6.45, 7) is 0. The summed E-state index contributed by atoms with van der Waals surface area (Å²) in [7, 11) is -33.7. The Morgan fingerprint density at radius 3 is 1.01 bits per heavy atom. The van der Waals surface area contributed by atoms with Crippen molar-refractivity contribution in [3.8, 4) is 0 Å². The Kier molecular flexibility index (Phi) is 16.5. The molecule has 0 aliphatic rings. The number of rotatable bonds is 16. The summed E-state index contributed by atoms with van der Waals surface area (Å²) in [6.07, 6.45) is 0. The van der Waals surface area contributed by atoms with Gasteiger partial charge in [0.2, 0.25) is 0 Å². The van der Waals surface area contributed by atoms with Gasteiger partial charge in [-0.2, -0.15) is 0 Å². The molecule has 0 radical (unpaired) electrons.